The lowest BCUT2D eigenvalue weighted by Crippen LogP contribution is -2.56. The number of aliphatic hydroxyl groups is 2. The Balaban J connectivity index is 1.79. The summed E-state index contributed by atoms with van der Waals surface area (Å²) in [4.78, 5) is 39.7. The van der Waals surface area contributed by atoms with Crippen LogP contribution in [0.3, 0.4) is 0 Å². The second-order valence-corrected chi connectivity index (χ2v) is 9.34. The maximum atomic E-state index is 13.3. The van der Waals surface area contributed by atoms with Crippen molar-refractivity contribution >= 4 is 18.1 Å². The van der Waals surface area contributed by atoms with Crippen molar-refractivity contribution in [2.75, 3.05) is 33.4 Å². The molecule has 1 fully saturated rings. The molecule has 10 heteroatoms. The highest BCUT2D eigenvalue weighted by Crippen LogP contribution is 2.51. The van der Waals surface area contributed by atoms with Gasteiger partial charge in [-0.05, 0) is 43.5 Å². The van der Waals surface area contributed by atoms with E-state index in [0.29, 0.717) is 41.9 Å². The first-order valence-corrected chi connectivity index (χ1v) is 12.6. The van der Waals surface area contributed by atoms with Crippen molar-refractivity contribution in [2.45, 2.75) is 56.5 Å². The van der Waals surface area contributed by atoms with Crippen LogP contribution in [0.4, 0.5) is 0 Å². The zero-order chi connectivity index (χ0) is 26.5. The van der Waals surface area contributed by atoms with E-state index in [4.69, 9.17) is 14.2 Å². The van der Waals surface area contributed by atoms with Gasteiger partial charge in [0.2, 0.25) is 11.8 Å². The number of hydrogen-bond acceptors (Lipinski definition) is 8. The van der Waals surface area contributed by atoms with E-state index in [1.54, 1.807) is 18.2 Å². The van der Waals surface area contributed by atoms with Gasteiger partial charge in [-0.25, -0.2) is 0 Å². The van der Waals surface area contributed by atoms with Crippen molar-refractivity contribution in [2.24, 2.45) is 0 Å². The Kier molecular flexibility index (Phi) is 8.63. The van der Waals surface area contributed by atoms with Crippen molar-refractivity contribution in [3.8, 4) is 11.5 Å². The van der Waals surface area contributed by atoms with E-state index in [1.165, 1.54) is 24.2 Å². The molecule has 0 unspecified atom stereocenters. The zero-order valence-electron chi connectivity index (χ0n) is 21.1. The van der Waals surface area contributed by atoms with Gasteiger partial charge in [-0.3, -0.25) is 14.4 Å². The van der Waals surface area contributed by atoms with Gasteiger partial charge < -0.3 is 34.6 Å². The van der Waals surface area contributed by atoms with Crippen LogP contribution in [-0.4, -0.2) is 91.0 Å². The highest BCUT2D eigenvalue weighted by molar-refractivity contribution is 5.97. The Bertz CT molecular complexity index is 1080. The van der Waals surface area contributed by atoms with Gasteiger partial charge >= 0.3 is 0 Å². The summed E-state index contributed by atoms with van der Waals surface area (Å²) in [6.45, 7) is 2.56. The first-order chi connectivity index (χ1) is 17.9. The lowest BCUT2D eigenvalue weighted by atomic mass is 9.77. The average molecular weight is 515 g/mol. The molecule has 2 amide bonds. The Hall–Kier alpha value is -3.21. The number of nitrogens with one attached hydrogen (secondary N) is 1. The molecule has 1 aromatic rings. The Labute approximate surface area is 215 Å². The number of allylic oxidation sites excluding steroid dienone is 1. The molecule has 0 bridgehead atoms. The summed E-state index contributed by atoms with van der Waals surface area (Å²) >= 11 is 0. The molecule has 200 valence electrons. The summed E-state index contributed by atoms with van der Waals surface area (Å²) in [6, 6.07) is 2.28. The van der Waals surface area contributed by atoms with E-state index in [-0.39, 0.29) is 37.3 Å². The van der Waals surface area contributed by atoms with E-state index in [1.807, 2.05) is 6.92 Å². The van der Waals surface area contributed by atoms with Crippen LogP contribution in [0.5, 0.6) is 11.5 Å². The van der Waals surface area contributed by atoms with Crippen molar-refractivity contribution in [3.63, 3.8) is 0 Å². The van der Waals surface area contributed by atoms with Crippen molar-refractivity contribution in [1.82, 2.24) is 10.2 Å². The number of amides is 2. The Morgan fingerprint density at radius 3 is 2.78 bits per heavy atom. The largest absolute Gasteiger partial charge is 0.493 e. The minimum atomic E-state index is -1.18. The molecule has 1 aliphatic carbocycles. The number of aliphatic hydroxyl groups excluding tert-OH is 2. The minimum Gasteiger partial charge on any atom is -0.493 e. The van der Waals surface area contributed by atoms with Gasteiger partial charge in [-0.2, -0.15) is 0 Å². The molecule has 2 aliphatic heterocycles. The van der Waals surface area contributed by atoms with Gasteiger partial charge in [-0.15, -0.1) is 0 Å². The third kappa shape index (κ3) is 5.41. The highest BCUT2D eigenvalue weighted by atomic mass is 16.5. The summed E-state index contributed by atoms with van der Waals surface area (Å²) < 4.78 is 17.4. The van der Waals surface area contributed by atoms with Gasteiger partial charge in [0.15, 0.2) is 11.5 Å². The first kappa shape index (κ1) is 26.8. The van der Waals surface area contributed by atoms with Crippen molar-refractivity contribution in [1.29, 1.82) is 0 Å². The highest BCUT2D eigenvalue weighted by Gasteiger charge is 2.51. The van der Waals surface area contributed by atoms with E-state index in [2.05, 4.69) is 5.32 Å². The molecule has 1 aromatic carbocycles. The number of methoxy groups -OCH3 is 1. The molecule has 0 spiro atoms. The minimum absolute atomic E-state index is 0.0317. The van der Waals surface area contributed by atoms with Gasteiger partial charge in [0.25, 0.3) is 0 Å². The van der Waals surface area contributed by atoms with Crippen LogP contribution in [0.15, 0.2) is 35.9 Å². The number of aldehydes is 1. The monoisotopic (exact) mass is 514 g/mol. The number of hydrogen-bond donors (Lipinski definition) is 3. The fraction of sp³-hybridized carbons (Fsp3) is 0.519. The third-order valence-corrected chi connectivity index (χ3v) is 6.97. The number of benzene rings is 1. The molecule has 10 nitrogen and oxygen atoms in total. The van der Waals surface area contributed by atoms with Crippen LogP contribution in [0, 0.1) is 0 Å². The number of carbonyl (C=O) groups is 3. The van der Waals surface area contributed by atoms with Gasteiger partial charge in [0.05, 0.1) is 31.8 Å². The number of carbonyl (C=O) groups excluding carboxylic acids is 3. The molecule has 0 radical (unpaired) electrons. The lowest BCUT2D eigenvalue weighted by Gasteiger charge is -2.41. The number of fused-ring (bicyclic) bond motifs is 3. The molecule has 4 rings (SSSR count). The van der Waals surface area contributed by atoms with Crippen molar-refractivity contribution < 1.29 is 38.8 Å². The molecule has 3 aliphatic rings. The summed E-state index contributed by atoms with van der Waals surface area (Å²) in [5.74, 6) is -0.818. The summed E-state index contributed by atoms with van der Waals surface area (Å²) in [7, 11) is 1.45. The number of ether oxygens (including phenoxy) is 3. The molecule has 0 aromatic heterocycles. The quantitative estimate of drug-likeness (QED) is 0.312. The normalized spacial score (nSPS) is 26.2. The fourth-order valence-corrected chi connectivity index (χ4v) is 5.24. The van der Waals surface area contributed by atoms with Crippen LogP contribution in [0.2, 0.25) is 0 Å². The van der Waals surface area contributed by atoms with Crippen LogP contribution < -0.4 is 14.8 Å². The van der Waals surface area contributed by atoms with E-state index in [0.717, 1.165) is 12.8 Å². The Morgan fingerprint density at radius 2 is 2.14 bits per heavy atom. The lowest BCUT2D eigenvalue weighted by molar-refractivity contribution is -0.134. The smallest absolute Gasteiger partial charge is 0.247 e. The second-order valence-electron chi connectivity index (χ2n) is 9.34. The number of nitrogens with zero attached hydrogens (tertiary/aromatic N) is 1. The summed E-state index contributed by atoms with van der Waals surface area (Å²) in [5.41, 5.74) is 1.16. The standard InChI is InChI=1S/C27H34N2O8/c1-3-4-7-22(32)29(14-17-6-5-10-36-17)20-13-19(27(34)28-8-9-30)23-18-11-16(15-31)12-21(35-2)25(18)37-26(23)24(20)33/h4,7,11-13,15,17,20,23-24,26,30,33H,3,5-6,8-10,14H2,1-2H3,(H,28,34)/t17-,20+,23-,24-,26-/m0/s1. The molecular weight excluding hydrogens is 480 g/mol. The van der Waals surface area contributed by atoms with Gasteiger partial charge in [-0.1, -0.05) is 13.0 Å². The van der Waals surface area contributed by atoms with E-state index in [9.17, 15) is 24.6 Å². The third-order valence-electron chi connectivity index (χ3n) is 6.97. The molecule has 2 heterocycles. The van der Waals surface area contributed by atoms with Crippen LogP contribution in [-0.2, 0) is 14.3 Å². The number of rotatable bonds is 10. The van der Waals surface area contributed by atoms with Crippen LogP contribution in [0.1, 0.15) is 48.0 Å². The molecule has 5 atom stereocenters. The predicted molar refractivity (Wildman–Crippen MR) is 134 cm³/mol. The Morgan fingerprint density at radius 1 is 1.32 bits per heavy atom. The molecule has 1 saturated heterocycles. The maximum Gasteiger partial charge on any atom is 0.247 e. The topological polar surface area (TPSA) is 135 Å². The first-order valence-electron chi connectivity index (χ1n) is 12.6. The van der Waals surface area contributed by atoms with E-state index >= 15 is 0 Å². The summed E-state index contributed by atoms with van der Waals surface area (Å²) in [6.07, 6.45) is 5.56. The molecule has 37 heavy (non-hydrogen) atoms. The second kappa shape index (κ2) is 11.9. The van der Waals surface area contributed by atoms with Crippen LogP contribution >= 0.6 is 0 Å². The molecule has 3 N–H and O–H groups in total. The average Bonchev–Trinajstić information content (AvgIpc) is 3.57. The van der Waals surface area contributed by atoms with Gasteiger partial charge in [0.1, 0.15) is 18.5 Å². The van der Waals surface area contributed by atoms with Crippen molar-refractivity contribution in [3.05, 3.63) is 47.1 Å². The molecule has 0 saturated carbocycles. The maximum absolute atomic E-state index is 13.3. The van der Waals surface area contributed by atoms with Crippen LogP contribution in [0.25, 0.3) is 0 Å². The fourth-order valence-electron chi connectivity index (χ4n) is 5.24. The SMILES string of the molecule is CCC=CC(=O)N(C[C@@H]1CCCO1)[C@@H]1C=C(C(=O)NCCO)[C@@H]2c3cc(C=O)cc(OC)c3O[C@@H]2[C@H]1O. The zero-order valence-corrected chi connectivity index (χ0v) is 21.1. The molecular formula is C27H34N2O8. The van der Waals surface area contributed by atoms with Gasteiger partial charge in [0, 0.05) is 36.4 Å². The van der Waals surface area contributed by atoms with E-state index < -0.39 is 30.1 Å². The predicted octanol–water partition coefficient (Wildman–Crippen LogP) is 1.10. The summed E-state index contributed by atoms with van der Waals surface area (Å²) in [5, 5.41) is 23.5.